The van der Waals surface area contributed by atoms with Crippen LogP contribution in [0.2, 0.25) is 0 Å². The molecule has 0 heterocycles. The van der Waals surface area contributed by atoms with Gasteiger partial charge in [-0.15, -0.1) is 0 Å². The monoisotopic (exact) mass is 373 g/mol. The van der Waals surface area contributed by atoms with Crippen molar-refractivity contribution in [2.24, 2.45) is 5.16 Å². The largest absolute Gasteiger partial charge is 0.493 e. The highest BCUT2D eigenvalue weighted by Gasteiger charge is 2.08. The fourth-order valence-electron chi connectivity index (χ4n) is 2.13. The van der Waals surface area contributed by atoms with E-state index in [0.717, 1.165) is 0 Å². The van der Waals surface area contributed by atoms with Crippen molar-refractivity contribution in [3.8, 4) is 11.5 Å². The molecule has 142 valence electrons. The van der Waals surface area contributed by atoms with Crippen LogP contribution in [-0.2, 0) is 9.63 Å². The maximum Gasteiger partial charge on any atom is 0.271 e. The number of methoxy groups -OCH3 is 1. The molecule has 0 saturated heterocycles. The Morgan fingerprint density at radius 3 is 2.78 bits per heavy atom. The molecule has 1 amide bonds. The Balaban J connectivity index is 1.87. The fraction of sp³-hybridized carbons (Fsp3) is 0.222. The molecule has 0 spiro atoms. The first-order valence-corrected chi connectivity index (χ1v) is 8.04. The van der Waals surface area contributed by atoms with Crippen molar-refractivity contribution in [2.45, 2.75) is 6.92 Å². The van der Waals surface area contributed by atoms with Crippen LogP contribution in [0.4, 0.5) is 11.4 Å². The number of benzene rings is 2. The fourth-order valence-corrected chi connectivity index (χ4v) is 2.13. The van der Waals surface area contributed by atoms with Crippen molar-refractivity contribution in [3.63, 3.8) is 0 Å². The highest BCUT2D eigenvalue weighted by molar-refractivity contribution is 5.92. The van der Waals surface area contributed by atoms with Crippen LogP contribution < -0.4 is 14.8 Å². The highest BCUT2D eigenvalue weighted by atomic mass is 16.6. The van der Waals surface area contributed by atoms with Gasteiger partial charge in [-0.1, -0.05) is 11.2 Å². The molecular weight excluding hydrogens is 354 g/mol. The number of nitro benzene ring substituents is 1. The Kier molecular flexibility index (Phi) is 7.12. The Bertz CT molecular complexity index is 838. The molecule has 0 aliphatic rings. The predicted molar refractivity (Wildman–Crippen MR) is 99.4 cm³/mol. The number of carbonyl (C=O) groups is 1. The zero-order valence-corrected chi connectivity index (χ0v) is 14.9. The number of nitro groups is 1. The first-order chi connectivity index (χ1) is 13.0. The number of rotatable bonds is 9. The minimum atomic E-state index is -0.540. The van der Waals surface area contributed by atoms with E-state index < -0.39 is 10.8 Å². The van der Waals surface area contributed by atoms with Gasteiger partial charge in [0.05, 0.1) is 24.9 Å². The summed E-state index contributed by atoms with van der Waals surface area (Å²) in [6.45, 7) is 2.06. The van der Waals surface area contributed by atoms with Gasteiger partial charge in [-0.25, -0.2) is 0 Å². The molecular formula is C18H19N3O6. The number of carbonyl (C=O) groups excluding carboxylic acids is 1. The van der Waals surface area contributed by atoms with Crippen LogP contribution in [-0.4, -0.2) is 37.4 Å². The van der Waals surface area contributed by atoms with Gasteiger partial charge in [0, 0.05) is 23.4 Å². The molecule has 0 aromatic heterocycles. The molecule has 2 aromatic carbocycles. The summed E-state index contributed by atoms with van der Waals surface area (Å²) in [4.78, 5) is 26.9. The molecule has 27 heavy (non-hydrogen) atoms. The van der Waals surface area contributed by atoms with Gasteiger partial charge in [-0.05, 0) is 31.2 Å². The van der Waals surface area contributed by atoms with Crippen LogP contribution in [0, 0.1) is 10.1 Å². The van der Waals surface area contributed by atoms with Crippen molar-refractivity contribution in [1.29, 1.82) is 0 Å². The van der Waals surface area contributed by atoms with Gasteiger partial charge in [0.25, 0.3) is 11.6 Å². The van der Waals surface area contributed by atoms with Gasteiger partial charge < -0.3 is 19.6 Å². The van der Waals surface area contributed by atoms with E-state index >= 15 is 0 Å². The molecule has 2 rings (SSSR count). The molecule has 0 atom stereocenters. The van der Waals surface area contributed by atoms with E-state index in [9.17, 15) is 14.9 Å². The Morgan fingerprint density at radius 1 is 1.26 bits per heavy atom. The standard InChI is InChI=1S/C18H19N3O6/c1-3-26-16-8-7-13(9-17(16)25-2)11-19-27-12-18(22)20-14-5-4-6-15(10-14)21(23)24/h4-11H,3,12H2,1-2H3,(H,20,22)/b19-11-. The molecule has 0 radical (unpaired) electrons. The van der Waals surface area contributed by atoms with Crippen molar-refractivity contribution >= 4 is 23.5 Å². The average molecular weight is 373 g/mol. The van der Waals surface area contributed by atoms with Crippen LogP contribution >= 0.6 is 0 Å². The van der Waals surface area contributed by atoms with Crippen molar-refractivity contribution in [2.75, 3.05) is 25.6 Å². The minimum Gasteiger partial charge on any atom is -0.493 e. The first kappa shape index (κ1) is 19.7. The number of non-ortho nitro benzene ring substituents is 1. The number of oxime groups is 1. The highest BCUT2D eigenvalue weighted by Crippen LogP contribution is 2.27. The summed E-state index contributed by atoms with van der Waals surface area (Å²) in [6.07, 6.45) is 1.43. The lowest BCUT2D eigenvalue weighted by Gasteiger charge is -2.09. The summed E-state index contributed by atoms with van der Waals surface area (Å²) >= 11 is 0. The number of anilines is 1. The maximum atomic E-state index is 11.8. The molecule has 0 aliphatic heterocycles. The van der Waals surface area contributed by atoms with Crippen LogP contribution in [0.3, 0.4) is 0 Å². The Morgan fingerprint density at radius 2 is 2.07 bits per heavy atom. The van der Waals surface area contributed by atoms with Crippen LogP contribution in [0.5, 0.6) is 11.5 Å². The molecule has 9 heteroatoms. The number of hydrogen-bond donors (Lipinski definition) is 1. The first-order valence-electron chi connectivity index (χ1n) is 8.04. The number of nitrogens with one attached hydrogen (secondary N) is 1. The third-order valence-corrected chi connectivity index (χ3v) is 3.30. The quantitative estimate of drug-likeness (QED) is 0.411. The number of nitrogens with zero attached hydrogens (tertiary/aromatic N) is 2. The van der Waals surface area contributed by atoms with Gasteiger partial charge in [-0.2, -0.15) is 0 Å². The smallest absolute Gasteiger partial charge is 0.271 e. The van der Waals surface area contributed by atoms with Gasteiger partial charge >= 0.3 is 0 Å². The van der Waals surface area contributed by atoms with E-state index in [4.69, 9.17) is 14.3 Å². The van der Waals surface area contributed by atoms with Gasteiger partial charge in [0.2, 0.25) is 0 Å². The van der Waals surface area contributed by atoms with Gasteiger partial charge in [0.1, 0.15) is 0 Å². The Hall–Kier alpha value is -3.62. The van der Waals surface area contributed by atoms with Gasteiger partial charge in [0.15, 0.2) is 18.1 Å². The molecule has 2 aromatic rings. The molecule has 1 N–H and O–H groups in total. The SMILES string of the molecule is CCOc1ccc(/C=N\OCC(=O)Nc2cccc([N+](=O)[O-])c2)cc1OC. The van der Waals surface area contributed by atoms with E-state index in [1.165, 1.54) is 31.5 Å². The average Bonchev–Trinajstić information content (AvgIpc) is 2.66. The summed E-state index contributed by atoms with van der Waals surface area (Å²) < 4.78 is 10.7. The number of ether oxygens (including phenoxy) is 2. The molecule has 0 aliphatic carbocycles. The maximum absolute atomic E-state index is 11.8. The normalized spacial score (nSPS) is 10.4. The summed E-state index contributed by atoms with van der Waals surface area (Å²) in [7, 11) is 1.54. The summed E-state index contributed by atoms with van der Waals surface area (Å²) in [5, 5.41) is 16.9. The van der Waals surface area contributed by atoms with E-state index in [1.54, 1.807) is 24.3 Å². The molecule has 0 unspecified atom stereocenters. The van der Waals surface area contributed by atoms with E-state index in [0.29, 0.717) is 29.4 Å². The number of amides is 1. The summed E-state index contributed by atoms with van der Waals surface area (Å²) in [5.74, 6) is 0.690. The van der Waals surface area contributed by atoms with Crippen molar-refractivity contribution in [1.82, 2.24) is 0 Å². The zero-order chi connectivity index (χ0) is 19.6. The zero-order valence-electron chi connectivity index (χ0n) is 14.9. The lowest BCUT2D eigenvalue weighted by atomic mass is 10.2. The third kappa shape index (κ3) is 5.99. The van der Waals surface area contributed by atoms with E-state index in [2.05, 4.69) is 10.5 Å². The molecule has 0 fully saturated rings. The minimum absolute atomic E-state index is 0.115. The molecule has 0 bridgehead atoms. The topological polar surface area (TPSA) is 112 Å². The summed E-state index contributed by atoms with van der Waals surface area (Å²) in [6, 6.07) is 10.9. The van der Waals surface area contributed by atoms with Crippen molar-refractivity contribution in [3.05, 3.63) is 58.1 Å². The van der Waals surface area contributed by atoms with E-state index in [1.807, 2.05) is 6.92 Å². The third-order valence-electron chi connectivity index (χ3n) is 3.30. The molecule has 0 saturated carbocycles. The lowest BCUT2D eigenvalue weighted by molar-refractivity contribution is -0.384. The van der Waals surface area contributed by atoms with Crippen LogP contribution in [0.15, 0.2) is 47.6 Å². The summed E-state index contributed by atoms with van der Waals surface area (Å²) in [5.41, 5.74) is 0.892. The second-order valence-corrected chi connectivity index (χ2v) is 5.21. The lowest BCUT2D eigenvalue weighted by Crippen LogP contribution is -2.17. The van der Waals surface area contributed by atoms with E-state index in [-0.39, 0.29) is 12.3 Å². The van der Waals surface area contributed by atoms with Crippen LogP contribution in [0.25, 0.3) is 0 Å². The molecule has 9 nitrogen and oxygen atoms in total. The van der Waals surface area contributed by atoms with Crippen LogP contribution in [0.1, 0.15) is 12.5 Å². The second-order valence-electron chi connectivity index (χ2n) is 5.21. The Labute approximate surface area is 155 Å². The second kappa shape index (κ2) is 9.76. The predicted octanol–water partition coefficient (Wildman–Crippen LogP) is 2.99. The van der Waals surface area contributed by atoms with Gasteiger partial charge in [-0.3, -0.25) is 14.9 Å². The van der Waals surface area contributed by atoms with Crippen molar-refractivity contribution < 1.29 is 24.0 Å². The number of hydrogen-bond acceptors (Lipinski definition) is 7.